The van der Waals surface area contributed by atoms with Crippen LogP contribution >= 0.6 is 0 Å². The number of nitrogens with one attached hydrogen (secondary N) is 2. The molecule has 2 fully saturated rings. The molecular weight excluding hydrogens is 767 g/mol. The van der Waals surface area contributed by atoms with Gasteiger partial charge in [-0.25, -0.2) is 0 Å². The van der Waals surface area contributed by atoms with Gasteiger partial charge in [-0.05, 0) is 130 Å². The van der Waals surface area contributed by atoms with Crippen LogP contribution in [-0.2, 0) is 4.79 Å². The molecule has 330 valence electrons. The molecule has 2 saturated carbocycles. The number of carboxylic acids is 1. The molecule has 2 aromatic carbocycles. The average Bonchev–Trinajstić information content (AvgIpc) is 3.81. The first-order valence-electron chi connectivity index (χ1n) is 23.1. The van der Waals surface area contributed by atoms with Crippen molar-refractivity contribution in [2.75, 3.05) is 6.54 Å². The molecule has 0 radical (unpaired) electrons. The highest BCUT2D eigenvalue weighted by Gasteiger charge is 2.51. The Morgan fingerprint density at radius 3 is 2.34 bits per heavy atom. The molecular formula is C51H69N3O7. The lowest BCUT2D eigenvalue weighted by molar-refractivity contribution is -0.150. The molecule has 1 aromatic heterocycles. The number of aromatic amines is 1. The zero-order chi connectivity index (χ0) is 43.1. The van der Waals surface area contributed by atoms with E-state index in [2.05, 4.69) is 41.5 Å². The predicted molar refractivity (Wildman–Crippen MR) is 240 cm³/mol. The number of carboxylic acid groups (broad SMARTS) is 1. The van der Waals surface area contributed by atoms with Gasteiger partial charge >= 0.3 is 5.97 Å². The van der Waals surface area contributed by atoms with Gasteiger partial charge < -0.3 is 46.7 Å². The van der Waals surface area contributed by atoms with E-state index in [0.29, 0.717) is 49.5 Å². The summed E-state index contributed by atoms with van der Waals surface area (Å²) in [6, 6.07) is 16.7. The largest absolute Gasteiger partial charge is 0.508 e. The molecule has 2 heterocycles. The smallest absolute Gasteiger partial charge is 0.309 e. The first kappa shape index (κ1) is 44.5. The molecule has 61 heavy (non-hydrogen) atoms. The van der Waals surface area contributed by atoms with Crippen LogP contribution in [0.3, 0.4) is 0 Å². The van der Waals surface area contributed by atoms with Crippen LogP contribution in [-0.4, -0.2) is 65.9 Å². The van der Waals surface area contributed by atoms with Crippen LogP contribution in [0.1, 0.15) is 121 Å². The van der Waals surface area contributed by atoms with Crippen molar-refractivity contribution in [3.63, 3.8) is 0 Å². The lowest BCUT2D eigenvalue weighted by Crippen LogP contribution is -2.42. The van der Waals surface area contributed by atoms with Crippen LogP contribution in [0.2, 0.25) is 0 Å². The first-order valence-corrected chi connectivity index (χ1v) is 23.1. The first-order chi connectivity index (χ1) is 29.4. The van der Waals surface area contributed by atoms with Crippen LogP contribution in [0.25, 0.3) is 22.4 Å². The lowest BCUT2D eigenvalue weighted by Gasteiger charge is -2.39. The van der Waals surface area contributed by atoms with Crippen molar-refractivity contribution in [3.05, 3.63) is 96.0 Å². The van der Waals surface area contributed by atoms with Gasteiger partial charge in [-0.2, -0.15) is 0 Å². The summed E-state index contributed by atoms with van der Waals surface area (Å²) in [7, 11) is 0. The van der Waals surface area contributed by atoms with Gasteiger partial charge in [0.25, 0.3) is 0 Å². The highest BCUT2D eigenvalue weighted by Crippen LogP contribution is 2.54. The number of hydrogen-bond acceptors (Lipinski definition) is 8. The SMILES string of the molecule is CCCCCC1C=CC(CCCCC2CCC(c3cc(-c4ccccc4)c(-c4cc(O)cc(O)c4)[nH]3)C3CC(CC4=CCNC(N)=C4)CC3(O)CCC(O)C2C(=O)O)C(O)C1. The number of aromatic nitrogens is 1. The number of phenols is 2. The van der Waals surface area contributed by atoms with E-state index in [9.17, 15) is 35.4 Å². The van der Waals surface area contributed by atoms with Gasteiger partial charge in [0.05, 0.1) is 35.2 Å². The summed E-state index contributed by atoms with van der Waals surface area (Å²) in [5, 5.41) is 70.6. The molecule has 1 aliphatic heterocycles. The maximum Gasteiger partial charge on any atom is 0.309 e. The number of H-pyrrole nitrogens is 1. The molecule has 10 unspecified atom stereocenters. The summed E-state index contributed by atoms with van der Waals surface area (Å²) in [5.41, 5.74) is 10.3. The third kappa shape index (κ3) is 10.9. The maximum absolute atomic E-state index is 13.1. The maximum atomic E-state index is 13.1. The number of aliphatic carboxylic acids is 1. The summed E-state index contributed by atoms with van der Waals surface area (Å²) in [6.07, 6.45) is 19.5. The summed E-state index contributed by atoms with van der Waals surface area (Å²) in [6.45, 7) is 2.86. The second-order valence-electron chi connectivity index (χ2n) is 18.9. The van der Waals surface area contributed by atoms with E-state index in [-0.39, 0.29) is 60.0 Å². The Balaban J connectivity index is 1.19. The van der Waals surface area contributed by atoms with Crippen LogP contribution in [0, 0.1) is 35.5 Å². The Morgan fingerprint density at radius 2 is 1.62 bits per heavy atom. The molecule has 0 spiro atoms. The third-order valence-corrected chi connectivity index (χ3v) is 14.6. The zero-order valence-electron chi connectivity index (χ0n) is 35.9. The summed E-state index contributed by atoms with van der Waals surface area (Å²) >= 11 is 0. The normalized spacial score (nSPS) is 30.5. The number of aliphatic hydroxyl groups excluding tert-OH is 2. The fourth-order valence-electron chi connectivity index (χ4n) is 11.5. The minimum atomic E-state index is -1.15. The molecule has 0 bridgehead atoms. The fourth-order valence-corrected chi connectivity index (χ4v) is 11.5. The van der Waals surface area contributed by atoms with Gasteiger partial charge in [-0.15, -0.1) is 0 Å². The second kappa shape index (κ2) is 20.1. The van der Waals surface area contributed by atoms with Gasteiger partial charge in [0.2, 0.25) is 0 Å². The number of unbranched alkanes of at least 4 members (excludes halogenated alkanes) is 3. The predicted octanol–water partition coefficient (Wildman–Crippen LogP) is 9.27. The number of nitrogens with two attached hydrogens (primary N) is 1. The van der Waals surface area contributed by atoms with Crippen molar-refractivity contribution >= 4 is 5.97 Å². The molecule has 0 amide bonds. The third-order valence-electron chi connectivity index (χ3n) is 14.6. The summed E-state index contributed by atoms with van der Waals surface area (Å²) < 4.78 is 0. The number of carbonyl (C=O) groups is 1. The molecule has 7 rings (SSSR count). The number of aliphatic hydroxyl groups is 3. The Hall–Kier alpha value is -4.51. The highest BCUT2D eigenvalue weighted by molar-refractivity contribution is 5.83. The van der Waals surface area contributed by atoms with Crippen molar-refractivity contribution in [1.29, 1.82) is 0 Å². The molecule has 10 atom stereocenters. The molecule has 0 saturated heterocycles. The fraction of sp³-hybridized carbons (Fsp3) is 0.549. The number of fused-ring (bicyclic) bond motifs is 1. The van der Waals surface area contributed by atoms with E-state index in [1.165, 1.54) is 25.3 Å². The zero-order valence-corrected chi connectivity index (χ0v) is 35.9. The van der Waals surface area contributed by atoms with E-state index in [0.717, 1.165) is 73.0 Å². The van der Waals surface area contributed by atoms with Crippen LogP contribution in [0.4, 0.5) is 0 Å². The number of allylic oxidation sites excluding steroid dienone is 3. The van der Waals surface area contributed by atoms with Gasteiger partial charge in [0.15, 0.2) is 0 Å². The number of rotatable bonds is 15. The number of dihydropyridines is 1. The van der Waals surface area contributed by atoms with E-state index in [4.69, 9.17) is 5.73 Å². The molecule has 10 nitrogen and oxygen atoms in total. The minimum absolute atomic E-state index is 0.0551. The van der Waals surface area contributed by atoms with Crippen molar-refractivity contribution in [2.24, 2.45) is 41.2 Å². The topological polar surface area (TPSA) is 192 Å². The molecule has 4 aliphatic rings. The number of aromatic hydroxyl groups is 2. The van der Waals surface area contributed by atoms with E-state index in [1.807, 2.05) is 36.4 Å². The lowest BCUT2D eigenvalue weighted by atomic mass is 9.69. The van der Waals surface area contributed by atoms with Crippen molar-refractivity contribution in [2.45, 2.75) is 133 Å². The molecule has 3 aromatic rings. The van der Waals surface area contributed by atoms with Gasteiger partial charge in [-0.3, -0.25) is 4.79 Å². The van der Waals surface area contributed by atoms with Crippen molar-refractivity contribution in [3.8, 4) is 33.9 Å². The molecule has 10 heteroatoms. The van der Waals surface area contributed by atoms with E-state index in [1.54, 1.807) is 12.1 Å². The van der Waals surface area contributed by atoms with E-state index < -0.39 is 23.6 Å². The van der Waals surface area contributed by atoms with Gasteiger partial charge in [0, 0.05) is 41.3 Å². The Kier molecular flexibility index (Phi) is 14.7. The monoisotopic (exact) mass is 836 g/mol. The van der Waals surface area contributed by atoms with Crippen molar-refractivity contribution in [1.82, 2.24) is 10.3 Å². The van der Waals surface area contributed by atoms with Gasteiger partial charge in [0.1, 0.15) is 11.5 Å². The Labute approximate surface area is 361 Å². The average molecular weight is 836 g/mol. The summed E-state index contributed by atoms with van der Waals surface area (Å²) in [4.78, 5) is 16.9. The standard InChI is InChI=1S/C51H69N3O7/c1-2-3-5-10-32-15-16-36(46(58)25-32)13-8-9-14-37-17-18-41(44-30-42(35-11-6-4-7-12-35)49(54-44)38-27-39(55)29-40(56)28-38)43-24-34(23-33-20-22-53-47(52)26-33)31-51(43,61)21-19-45(57)48(37)50(59)60/h4,6-7,11-12,15-16,20,26-30,32,34,36-37,41,43,45-46,48,53-58,61H,2-3,5,8-10,13-14,17-19,21-25,31,52H2,1H3,(H,59,60). The van der Waals surface area contributed by atoms with Crippen LogP contribution < -0.4 is 11.1 Å². The molecule has 3 aliphatic carbocycles. The highest BCUT2D eigenvalue weighted by atomic mass is 16.4. The number of benzene rings is 2. The van der Waals surface area contributed by atoms with E-state index >= 15 is 0 Å². The molecule has 10 N–H and O–H groups in total. The quantitative estimate of drug-likeness (QED) is 0.0530. The minimum Gasteiger partial charge on any atom is -0.508 e. The summed E-state index contributed by atoms with van der Waals surface area (Å²) in [5.74, 6) is -1.41. The Bertz CT molecular complexity index is 2000. The number of hydrogen-bond donors (Lipinski definition) is 9. The van der Waals surface area contributed by atoms with Gasteiger partial charge in [-0.1, -0.05) is 87.6 Å². The van der Waals surface area contributed by atoms with Crippen LogP contribution in [0.5, 0.6) is 11.5 Å². The second-order valence-corrected chi connectivity index (χ2v) is 18.9. The number of phenolic OH excluding ortho intramolecular Hbond substituents is 2. The van der Waals surface area contributed by atoms with Crippen LogP contribution in [0.15, 0.2) is 90.3 Å². The Morgan fingerprint density at radius 1 is 0.869 bits per heavy atom. The van der Waals surface area contributed by atoms with Crippen molar-refractivity contribution < 1.29 is 35.4 Å².